The number of benzene rings is 1. The van der Waals surface area contributed by atoms with Crippen LogP contribution in [0.5, 0.6) is 0 Å². The zero-order valence-electron chi connectivity index (χ0n) is 15.5. The molecule has 1 aromatic carbocycles. The molecule has 16 heteroatoms. The van der Waals surface area contributed by atoms with Crippen molar-refractivity contribution < 1.29 is 49.4 Å². The molecule has 0 fully saturated rings. The third kappa shape index (κ3) is 8.52. The summed E-state index contributed by atoms with van der Waals surface area (Å²) >= 11 is 0. The van der Waals surface area contributed by atoms with Crippen molar-refractivity contribution in [2.45, 2.75) is 20.0 Å². The second-order valence-corrected chi connectivity index (χ2v) is 7.10. The van der Waals surface area contributed by atoms with E-state index in [1.807, 2.05) is 0 Å². The molecule has 0 amide bonds. The van der Waals surface area contributed by atoms with Crippen LogP contribution < -0.4 is 16.3 Å². The highest BCUT2D eigenvalue weighted by Gasteiger charge is 2.32. The van der Waals surface area contributed by atoms with Crippen LogP contribution in [0.15, 0.2) is 29.1 Å². The van der Waals surface area contributed by atoms with Gasteiger partial charge < -0.3 is 31.3 Å². The molecule has 0 aliphatic rings. The van der Waals surface area contributed by atoms with E-state index in [0.717, 1.165) is 12.1 Å². The summed E-state index contributed by atoms with van der Waals surface area (Å²) in [5.41, 5.74) is -1.69. The van der Waals surface area contributed by atoms with Gasteiger partial charge in [0, 0.05) is 5.52 Å². The van der Waals surface area contributed by atoms with Crippen LogP contribution in [0, 0.1) is 5.39 Å². The van der Waals surface area contributed by atoms with Crippen LogP contribution >= 0.6 is 7.60 Å². The van der Waals surface area contributed by atoms with Crippen molar-refractivity contribution >= 4 is 31.1 Å². The largest absolute Gasteiger partial charge is 0.673 e. The van der Waals surface area contributed by atoms with E-state index in [-0.39, 0.29) is 24.0 Å². The van der Waals surface area contributed by atoms with E-state index in [1.54, 1.807) is 13.8 Å². The number of nitrogens with zero attached hydrogens (tertiary/aromatic N) is 1. The Morgan fingerprint density at radius 3 is 1.93 bits per heavy atom. The molecule has 2 rings (SSSR count). The van der Waals surface area contributed by atoms with E-state index in [9.17, 15) is 39.8 Å². The van der Waals surface area contributed by atoms with E-state index >= 15 is 0 Å². The van der Waals surface area contributed by atoms with Crippen molar-refractivity contribution in [3.05, 3.63) is 40.2 Å². The number of fused-ring (bicyclic) bond motifs is 1. The van der Waals surface area contributed by atoms with Crippen LogP contribution in [0.4, 0.5) is 30.4 Å². The molecule has 0 atom stereocenters. The van der Waals surface area contributed by atoms with Gasteiger partial charge in [-0.3, -0.25) is 9.36 Å². The molecule has 0 unspecified atom stereocenters. The van der Waals surface area contributed by atoms with Gasteiger partial charge in [-0.1, -0.05) is 6.07 Å². The molecule has 2 N–H and O–H groups in total. The molecule has 30 heavy (non-hydrogen) atoms. The minimum Gasteiger partial charge on any atom is -0.418 e. The Labute approximate surface area is 165 Å². The van der Waals surface area contributed by atoms with Crippen molar-refractivity contribution in [3.8, 4) is 0 Å². The van der Waals surface area contributed by atoms with E-state index in [1.165, 1.54) is 12.1 Å². The summed E-state index contributed by atoms with van der Waals surface area (Å²) in [6.07, 6.45) is -4.52. The fourth-order valence-corrected chi connectivity index (χ4v) is 3.72. The smallest absolute Gasteiger partial charge is 0.418 e. The highest BCUT2D eigenvalue weighted by molar-refractivity contribution is 7.62. The van der Waals surface area contributed by atoms with Gasteiger partial charge >= 0.3 is 21.0 Å². The lowest BCUT2D eigenvalue weighted by atomic mass is 10.1. The number of H-pyrrole nitrogens is 1. The molecule has 7 nitrogen and oxygen atoms in total. The highest BCUT2D eigenvalue weighted by atomic mass is 31.2. The molecule has 0 saturated heterocycles. The number of halogens is 7. The van der Waals surface area contributed by atoms with Crippen LogP contribution in [0.3, 0.4) is 0 Å². The first-order chi connectivity index (χ1) is 13.7. The molecule has 0 aliphatic heterocycles. The number of hydrogen-bond acceptors (Lipinski definition) is 5. The maximum atomic E-state index is 12.7. The second-order valence-electron chi connectivity index (χ2n) is 5.11. The molecule has 1 heterocycles. The van der Waals surface area contributed by atoms with Crippen molar-refractivity contribution in [2.75, 3.05) is 13.2 Å². The predicted octanol–water partition coefficient (Wildman–Crippen LogP) is 3.02. The summed E-state index contributed by atoms with van der Waals surface area (Å²) in [4.78, 5) is 14.4. The molecule has 2 aromatic rings. The lowest BCUT2D eigenvalue weighted by molar-refractivity contribution is -0.175. The summed E-state index contributed by atoms with van der Waals surface area (Å²) in [6.45, 7) is 3.30. The highest BCUT2D eigenvalue weighted by Crippen LogP contribution is 2.46. The summed E-state index contributed by atoms with van der Waals surface area (Å²) in [5.74, 6) is 0. The average Bonchev–Trinajstić information content (AvgIpc) is 2.60. The monoisotopic (exact) mass is 465 g/mol. The molecule has 168 valence electrons. The Kier molecular flexibility index (Phi) is 10.2. The van der Waals surface area contributed by atoms with Gasteiger partial charge in [-0.2, -0.15) is 13.2 Å². The third-order valence-electron chi connectivity index (χ3n) is 3.05. The topological polar surface area (TPSA) is 116 Å². The van der Waals surface area contributed by atoms with Crippen LogP contribution in [0.2, 0.25) is 0 Å². The minimum absolute atomic E-state index is 0.00637. The lowest BCUT2D eigenvalue weighted by Gasteiger charge is -2.17. The van der Waals surface area contributed by atoms with Crippen molar-refractivity contribution in [2.24, 2.45) is 0 Å². The Bertz CT molecular complexity index is 946. The van der Waals surface area contributed by atoms with E-state index in [0.29, 0.717) is 5.39 Å². The van der Waals surface area contributed by atoms with Gasteiger partial charge in [0.05, 0.1) is 24.2 Å². The maximum Gasteiger partial charge on any atom is 0.673 e. The average molecular weight is 465 g/mol. The molecule has 0 spiro atoms. The number of aromatic nitrogens is 1. The van der Waals surface area contributed by atoms with Crippen molar-refractivity contribution in [1.29, 1.82) is 5.39 Å². The molecule has 0 bridgehead atoms. The molecular weight excluding hydrogens is 449 g/mol. The molecular formula is C14H16BF7N3O4P. The summed E-state index contributed by atoms with van der Waals surface area (Å²) in [6, 6.07) is 4.14. The molecule has 1 aromatic heterocycles. The van der Waals surface area contributed by atoms with Gasteiger partial charge in [-0.25, -0.2) is 0 Å². The number of pyridine rings is 1. The first-order valence-corrected chi connectivity index (χ1v) is 9.49. The standard InChI is InChI=1S/C14H15F3NO4P.BF4.N2/c1-3-21-23(20,22-4-2)12-7-9-5-6-10(14(15,16)17)8-11(9)18-13(12)19;2-1(3,4)5;1-2/h5-8H,3-4H2,1-2H3,(H,18,19);;/q;-1;/p+1. The lowest BCUT2D eigenvalue weighted by Crippen LogP contribution is -2.29. The van der Waals surface area contributed by atoms with Gasteiger partial charge in [-0.05, 0) is 37.4 Å². The first-order valence-electron chi connectivity index (χ1n) is 7.95. The first kappa shape index (κ1) is 27.6. The normalized spacial score (nSPS) is 11.8. The Morgan fingerprint density at radius 1 is 1.07 bits per heavy atom. The fourth-order valence-electron chi connectivity index (χ4n) is 2.09. The number of hydrogen-bond donors (Lipinski definition) is 2. The van der Waals surface area contributed by atoms with E-state index < -0.39 is 32.1 Å². The Balaban J connectivity index is 0.00000105. The zero-order chi connectivity index (χ0) is 23.8. The van der Waals surface area contributed by atoms with E-state index in [2.05, 4.69) is 4.98 Å². The SMILES string of the molecule is CCOP(=O)(OCC)c1cc2ccc(C(F)(F)F)cc2[nH]c1=O.F[B-](F)(F)F.N#[NH+]. The van der Waals surface area contributed by atoms with Crippen molar-refractivity contribution in [3.63, 3.8) is 0 Å². The number of rotatable bonds is 5. The molecule has 0 aliphatic carbocycles. The van der Waals surface area contributed by atoms with Crippen LogP contribution in [-0.2, 0) is 19.8 Å². The van der Waals surface area contributed by atoms with Gasteiger partial charge in [0.25, 0.3) is 5.56 Å². The van der Waals surface area contributed by atoms with Crippen LogP contribution in [0.25, 0.3) is 10.9 Å². The van der Waals surface area contributed by atoms with Crippen LogP contribution in [-0.4, -0.2) is 25.5 Å². The fraction of sp³-hybridized carbons (Fsp3) is 0.357. The number of aromatic amines is 1. The second kappa shape index (κ2) is 11.1. The third-order valence-corrected chi connectivity index (χ3v) is 5.17. The Morgan fingerprint density at radius 2 is 1.53 bits per heavy atom. The van der Waals surface area contributed by atoms with Crippen LogP contribution in [0.1, 0.15) is 19.4 Å². The Hall–Kier alpha value is -2.43. The van der Waals surface area contributed by atoms with Gasteiger partial charge in [-0.15, -0.1) is 0 Å². The maximum absolute atomic E-state index is 12.7. The number of diazo groups is 1. The van der Waals surface area contributed by atoms with Gasteiger partial charge in [0.2, 0.25) is 5.39 Å². The summed E-state index contributed by atoms with van der Waals surface area (Å²) in [5, 5.41) is 11.1. The van der Waals surface area contributed by atoms with E-state index in [4.69, 9.17) is 19.8 Å². The minimum atomic E-state index is -6.00. The van der Waals surface area contributed by atoms with Gasteiger partial charge in [0.1, 0.15) is 5.30 Å². The molecule has 0 radical (unpaired) electrons. The molecule has 0 saturated carbocycles. The summed E-state index contributed by atoms with van der Waals surface area (Å²) in [7, 11) is -9.82. The predicted molar refractivity (Wildman–Crippen MR) is 92.9 cm³/mol. The number of nitrogens with one attached hydrogen (secondary N) is 2. The van der Waals surface area contributed by atoms with Crippen molar-refractivity contribution in [1.82, 2.24) is 4.98 Å². The zero-order valence-corrected chi connectivity index (χ0v) is 16.4. The van der Waals surface area contributed by atoms with Gasteiger partial charge in [0.15, 0.2) is 0 Å². The summed E-state index contributed by atoms with van der Waals surface area (Å²) < 4.78 is 100.0. The number of alkyl halides is 3. The quantitative estimate of drug-likeness (QED) is 0.305.